The monoisotopic (exact) mass is 287 g/mol. The van der Waals surface area contributed by atoms with Crippen LogP contribution in [0.5, 0.6) is 0 Å². The Morgan fingerprint density at radius 2 is 2.11 bits per heavy atom. The van der Waals surface area contributed by atoms with Gasteiger partial charge in [0, 0.05) is 13.6 Å². The van der Waals surface area contributed by atoms with Gasteiger partial charge in [0.05, 0.1) is 23.6 Å². The molecule has 0 aromatic heterocycles. The third-order valence-electron chi connectivity index (χ3n) is 2.68. The molecule has 6 heteroatoms. The Balaban J connectivity index is 2.83. The standard InChI is InChI=1S/C13H15ClFNO3/c1-8(13(18)19-3)7-16(2)12(17)9-5-4-6-10(14)11(9)15/h4-6,8H,7H2,1-3H3. The van der Waals surface area contributed by atoms with Gasteiger partial charge in [0.25, 0.3) is 5.91 Å². The molecule has 0 saturated carbocycles. The number of amides is 1. The number of nitrogens with zero attached hydrogens (tertiary/aromatic N) is 1. The first-order valence-electron chi connectivity index (χ1n) is 5.65. The van der Waals surface area contributed by atoms with Gasteiger partial charge in [0.2, 0.25) is 0 Å². The summed E-state index contributed by atoms with van der Waals surface area (Å²) < 4.78 is 18.3. The minimum absolute atomic E-state index is 0.111. The largest absolute Gasteiger partial charge is 0.469 e. The highest BCUT2D eigenvalue weighted by Crippen LogP contribution is 2.19. The molecule has 1 aromatic rings. The molecule has 0 bridgehead atoms. The third kappa shape index (κ3) is 3.67. The predicted octanol–water partition coefficient (Wildman–Crippen LogP) is 2.36. The molecule has 4 nitrogen and oxygen atoms in total. The minimum Gasteiger partial charge on any atom is -0.469 e. The molecular weight excluding hydrogens is 273 g/mol. The number of rotatable bonds is 4. The van der Waals surface area contributed by atoms with Crippen LogP contribution in [0.4, 0.5) is 4.39 Å². The second-order valence-electron chi connectivity index (χ2n) is 4.21. The zero-order valence-electron chi connectivity index (χ0n) is 10.9. The molecule has 0 fully saturated rings. The fraction of sp³-hybridized carbons (Fsp3) is 0.385. The van der Waals surface area contributed by atoms with Crippen molar-refractivity contribution in [3.8, 4) is 0 Å². The maximum absolute atomic E-state index is 13.7. The Kier molecular flexibility index (Phi) is 5.30. The average molecular weight is 288 g/mol. The second kappa shape index (κ2) is 6.52. The van der Waals surface area contributed by atoms with Crippen LogP contribution in [0, 0.1) is 11.7 Å². The number of ether oxygens (including phenoxy) is 1. The first-order valence-corrected chi connectivity index (χ1v) is 6.03. The molecule has 0 radical (unpaired) electrons. The number of carbonyl (C=O) groups excluding carboxylic acids is 2. The minimum atomic E-state index is -0.758. The summed E-state index contributed by atoms with van der Waals surface area (Å²) in [6, 6.07) is 4.21. The number of carbonyl (C=O) groups is 2. The van der Waals surface area contributed by atoms with Gasteiger partial charge < -0.3 is 9.64 Å². The molecule has 0 aliphatic rings. The van der Waals surface area contributed by atoms with Crippen molar-refractivity contribution in [2.75, 3.05) is 20.7 Å². The van der Waals surface area contributed by atoms with Crippen LogP contribution in [0.25, 0.3) is 0 Å². The molecule has 0 saturated heterocycles. The van der Waals surface area contributed by atoms with Crippen molar-refractivity contribution in [1.29, 1.82) is 0 Å². The Labute approximate surface area is 116 Å². The van der Waals surface area contributed by atoms with E-state index in [1.807, 2.05) is 0 Å². The van der Waals surface area contributed by atoms with Crippen LogP contribution in [-0.2, 0) is 9.53 Å². The number of halogens is 2. The summed E-state index contributed by atoms with van der Waals surface area (Å²) in [5.41, 5.74) is -0.118. The van der Waals surface area contributed by atoms with E-state index in [0.29, 0.717) is 0 Å². The van der Waals surface area contributed by atoms with Gasteiger partial charge in [-0.25, -0.2) is 4.39 Å². The molecule has 0 aliphatic carbocycles. The Morgan fingerprint density at radius 1 is 1.47 bits per heavy atom. The van der Waals surface area contributed by atoms with Crippen molar-refractivity contribution in [1.82, 2.24) is 4.90 Å². The molecule has 19 heavy (non-hydrogen) atoms. The van der Waals surface area contributed by atoms with Crippen molar-refractivity contribution in [3.05, 3.63) is 34.6 Å². The van der Waals surface area contributed by atoms with Crippen LogP contribution in [0.15, 0.2) is 18.2 Å². The highest BCUT2D eigenvalue weighted by Gasteiger charge is 2.22. The normalized spacial score (nSPS) is 11.8. The van der Waals surface area contributed by atoms with Crippen LogP contribution in [-0.4, -0.2) is 37.5 Å². The van der Waals surface area contributed by atoms with Crippen LogP contribution in [0.3, 0.4) is 0 Å². The maximum atomic E-state index is 13.7. The van der Waals surface area contributed by atoms with Crippen molar-refractivity contribution in [2.45, 2.75) is 6.92 Å². The highest BCUT2D eigenvalue weighted by molar-refractivity contribution is 6.31. The zero-order valence-corrected chi connectivity index (χ0v) is 11.7. The van der Waals surface area contributed by atoms with E-state index in [0.717, 1.165) is 0 Å². The summed E-state index contributed by atoms with van der Waals surface area (Å²) in [7, 11) is 2.76. The van der Waals surface area contributed by atoms with Crippen molar-refractivity contribution in [3.63, 3.8) is 0 Å². The molecule has 1 aromatic carbocycles. The van der Waals surface area contributed by atoms with E-state index in [1.165, 1.54) is 37.3 Å². The average Bonchev–Trinajstić information content (AvgIpc) is 2.39. The van der Waals surface area contributed by atoms with Gasteiger partial charge in [-0.2, -0.15) is 0 Å². The lowest BCUT2D eigenvalue weighted by molar-refractivity contribution is -0.145. The predicted molar refractivity (Wildman–Crippen MR) is 69.6 cm³/mol. The van der Waals surface area contributed by atoms with E-state index in [-0.39, 0.29) is 17.1 Å². The number of benzene rings is 1. The highest BCUT2D eigenvalue weighted by atomic mass is 35.5. The van der Waals surface area contributed by atoms with Crippen LogP contribution >= 0.6 is 11.6 Å². The summed E-state index contributed by atoms with van der Waals surface area (Å²) in [6.07, 6.45) is 0. The lowest BCUT2D eigenvalue weighted by atomic mass is 10.1. The zero-order chi connectivity index (χ0) is 14.6. The Morgan fingerprint density at radius 3 is 2.68 bits per heavy atom. The molecule has 104 valence electrons. The van der Waals surface area contributed by atoms with Gasteiger partial charge >= 0.3 is 5.97 Å². The van der Waals surface area contributed by atoms with Crippen molar-refractivity contribution < 1.29 is 18.7 Å². The fourth-order valence-corrected chi connectivity index (χ4v) is 1.82. The van der Waals surface area contributed by atoms with E-state index in [4.69, 9.17) is 11.6 Å². The topological polar surface area (TPSA) is 46.6 Å². The molecule has 0 heterocycles. The summed E-state index contributed by atoms with van der Waals surface area (Å²) in [5.74, 6) is -2.20. The summed E-state index contributed by atoms with van der Waals surface area (Å²) in [6.45, 7) is 1.77. The lowest BCUT2D eigenvalue weighted by Crippen LogP contribution is -2.34. The molecule has 1 amide bonds. The van der Waals surface area contributed by atoms with Crippen LogP contribution < -0.4 is 0 Å². The number of hydrogen-bond donors (Lipinski definition) is 0. The van der Waals surface area contributed by atoms with Gasteiger partial charge in [-0.15, -0.1) is 0 Å². The Bertz CT molecular complexity index is 493. The molecule has 1 rings (SSSR count). The molecule has 0 aliphatic heterocycles. The molecule has 1 unspecified atom stereocenters. The third-order valence-corrected chi connectivity index (χ3v) is 2.97. The van der Waals surface area contributed by atoms with Crippen molar-refractivity contribution >= 4 is 23.5 Å². The van der Waals surface area contributed by atoms with E-state index < -0.39 is 23.6 Å². The van der Waals surface area contributed by atoms with Gasteiger partial charge in [-0.1, -0.05) is 24.6 Å². The summed E-state index contributed by atoms with van der Waals surface area (Å²) in [4.78, 5) is 24.6. The SMILES string of the molecule is COC(=O)C(C)CN(C)C(=O)c1cccc(Cl)c1F. The van der Waals surface area contributed by atoms with E-state index >= 15 is 0 Å². The second-order valence-corrected chi connectivity index (χ2v) is 4.62. The maximum Gasteiger partial charge on any atom is 0.310 e. The van der Waals surface area contributed by atoms with Gasteiger partial charge in [0.1, 0.15) is 0 Å². The molecule has 0 spiro atoms. The molecule has 0 N–H and O–H groups in total. The first-order chi connectivity index (χ1) is 8.88. The van der Waals surface area contributed by atoms with E-state index in [2.05, 4.69) is 4.74 Å². The van der Waals surface area contributed by atoms with Crippen molar-refractivity contribution in [2.24, 2.45) is 5.92 Å². The quantitative estimate of drug-likeness (QED) is 0.799. The smallest absolute Gasteiger partial charge is 0.310 e. The van der Waals surface area contributed by atoms with Crippen LogP contribution in [0.1, 0.15) is 17.3 Å². The van der Waals surface area contributed by atoms with Gasteiger partial charge in [-0.3, -0.25) is 9.59 Å². The van der Waals surface area contributed by atoms with E-state index in [1.54, 1.807) is 6.92 Å². The summed E-state index contributed by atoms with van der Waals surface area (Å²) >= 11 is 5.62. The molecule has 1 atom stereocenters. The summed E-state index contributed by atoms with van der Waals surface area (Å²) in [5, 5.41) is -0.111. The van der Waals surface area contributed by atoms with Crippen LogP contribution in [0.2, 0.25) is 5.02 Å². The van der Waals surface area contributed by atoms with E-state index in [9.17, 15) is 14.0 Å². The van der Waals surface area contributed by atoms with Gasteiger partial charge in [0.15, 0.2) is 5.82 Å². The lowest BCUT2D eigenvalue weighted by Gasteiger charge is -2.20. The number of hydrogen-bond acceptors (Lipinski definition) is 3. The first kappa shape index (κ1) is 15.4. The number of methoxy groups -OCH3 is 1. The van der Waals surface area contributed by atoms with Gasteiger partial charge in [-0.05, 0) is 12.1 Å². The molecular formula is C13H15ClFNO3. The fourth-order valence-electron chi connectivity index (χ4n) is 1.64. The number of esters is 1. The Hall–Kier alpha value is -1.62.